The monoisotopic (exact) mass is 375 g/mol. The first kappa shape index (κ1) is 17.7. The van der Waals surface area contributed by atoms with Gasteiger partial charge in [-0.05, 0) is 71.5 Å². The summed E-state index contributed by atoms with van der Waals surface area (Å²) in [5.74, 6) is 0. The first-order valence-electron chi connectivity index (χ1n) is 8.99. The molecule has 0 unspecified atom stereocenters. The highest BCUT2D eigenvalue weighted by atomic mass is 32.2. The van der Waals surface area contributed by atoms with Crippen LogP contribution in [0.15, 0.2) is 88.9 Å². The van der Waals surface area contributed by atoms with Crippen LogP contribution in [-0.4, -0.2) is 15.5 Å². The molecule has 0 fully saturated rings. The smallest absolute Gasteiger partial charge is 0.214 e. The SMILES string of the molecule is CNS(=O)(=O)c1cccc(/C=C2\C3=CC=CCC3=CCc3ccccc32)c1. The summed E-state index contributed by atoms with van der Waals surface area (Å²) in [7, 11) is -2.04. The molecule has 2 aromatic rings. The Bertz CT molecular complexity index is 1120. The van der Waals surface area contributed by atoms with Gasteiger partial charge < -0.3 is 0 Å². The van der Waals surface area contributed by atoms with Crippen LogP contribution in [0.3, 0.4) is 0 Å². The summed E-state index contributed by atoms with van der Waals surface area (Å²) >= 11 is 0. The van der Waals surface area contributed by atoms with Gasteiger partial charge in [-0.25, -0.2) is 13.1 Å². The number of rotatable bonds is 3. The Balaban J connectivity index is 1.90. The van der Waals surface area contributed by atoms with Crippen molar-refractivity contribution in [3.8, 4) is 0 Å². The topological polar surface area (TPSA) is 46.2 Å². The highest BCUT2D eigenvalue weighted by Crippen LogP contribution is 2.38. The highest BCUT2D eigenvalue weighted by Gasteiger charge is 2.20. The Hall–Kier alpha value is -2.69. The quantitative estimate of drug-likeness (QED) is 0.858. The van der Waals surface area contributed by atoms with Crippen LogP contribution < -0.4 is 4.72 Å². The summed E-state index contributed by atoms with van der Waals surface area (Å²) in [4.78, 5) is 0.273. The molecule has 1 N–H and O–H groups in total. The number of hydrogen-bond acceptors (Lipinski definition) is 2. The predicted molar refractivity (Wildman–Crippen MR) is 111 cm³/mol. The zero-order valence-corrected chi connectivity index (χ0v) is 16.0. The van der Waals surface area contributed by atoms with Crippen LogP contribution in [0, 0.1) is 0 Å². The summed E-state index contributed by atoms with van der Waals surface area (Å²) in [6, 6.07) is 15.5. The average molecular weight is 375 g/mol. The van der Waals surface area contributed by atoms with Crippen molar-refractivity contribution < 1.29 is 8.42 Å². The lowest BCUT2D eigenvalue weighted by atomic mass is 9.87. The largest absolute Gasteiger partial charge is 0.240 e. The average Bonchev–Trinajstić information content (AvgIpc) is 2.86. The molecule has 0 aliphatic heterocycles. The summed E-state index contributed by atoms with van der Waals surface area (Å²) in [6.45, 7) is 0. The van der Waals surface area contributed by atoms with Gasteiger partial charge in [-0.15, -0.1) is 0 Å². The Kier molecular flexibility index (Phi) is 4.68. The molecular formula is C23H21NO2S. The molecule has 2 aromatic carbocycles. The van der Waals surface area contributed by atoms with Crippen molar-refractivity contribution in [2.24, 2.45) is 0 Å². The van der Waals surface area contributed by atoms with E-state index in [-0.39, 0.29) is 4.90 Å². The van der Waals surface area contributed by atoms with E-state index in [1.807, 2.05) is 6.07 Å². The maximum atomic E-state index is 12.2. The molecule has 0 atom stereocenters. The van der Waals surface area contributed by atoms with Gasteiger partial charge >= 0.3 is 0 Å². The molecule has 0 spiro atoms. The Morgan fingerprint density at radius 3 is 2.74 bits per heavy atom. The molecule has 0 saturated carbocycles. The number of nitrogens with one attached hydrogen (secondary N) is 1. The van der Waals surface area contributed by atoms with E-state index in [4.69, 9.17) is 0 Å². The fourth-order valence-corrected chi connectivity index (χ4v) is 4.37. The molecule has 4 heteroatoms. The normalized spacial score (nSPS) is 17.6. The zero-order chi connectivity index (χ0) is 18.9. The lowest BCUT2D eigenvalue weighted by Gasteiger charge is -2.17. The fourth-order valence-electron chi connectivity index (χ4n) is 3.58. The Morgan fingerprint density at radius 2 is 1.89 bits per heavy atom. The molecule has 0 amide bonds. The van der Waals surface area contributed by atoms with E-state index in [0.29, 0.717) is 0 Å². The number of allylic oxidation sites excluding steroid dienone is 7. The van der Waals surface area contributed by atoms with Crippen molar-refractivity contribution in [2.75, 3.05) is 7.05 Å². The van der Waals surface area contributed by atoms with Crippen molar-refractivity contribution in [3.63, 3.8) is 0 Å². The van der Waals surface area contributed by atoms with Gasteiger partial charge in [0.15, 0.2) is 0 Å². The molecule has 0 bridgehead atoms. The van der Waals surface area contributed by atoms with Gasteiger partial charge in [0.05, 0.1) is 4.90 Å². The molecule has 0 radical (unpaired) electrons. The van der Waals surface area contributed by atoms with Gasteiger partial charge in [-0.1, -0.05) is 60.7 Å². The van der Waals surface area contributed by atoms with E-state index in [1.54, 1.807) is 18.2 Å². The van der Waals surface area contributed by atoms with E-state index in [0.717, 1.165) is 24.0 Å². The summed E-state index contributed by atoms with van der Waals surface area (Å²) in [5, 5.41) is 0. The van der Waals surface area contributed by atoms with Crippen molar-refractivity contribution in [3.05, 3.63) is 101 Å². The first-order chi connectivity index (χ1) is 13.1. The number of hydrogen-bond donors (Lipinski definition) is 1. The lowest BCUT2D eigenvalue weighted by molar-refractivity contribution is 0.588. The molecular weight excluding hydrogens is 354 g/mol. The van der Waals surface area contributed by atoms with Crippen LogP contribution in [0.5, 0.6) is 0 Å². The van der Waals surface area contributed by atoms with E-state index < -0.39 is 10.0 Å². The van der Waals surface area contributed by atoms with Gasteiger partial charge in [-0.2, -0.15) is 0 Å². The molecule has 136 valence electrons. The summed E-state index contributed by atoms with van der Waals surface area (Å²) in [6.07, 6.45) is 12.6. The molecule has 0 saturated heterocycles. The van der Waals surface area contributed by atoms with Gasteiger partial charge in [0.1, 0.15) is 0 Å². The number of fused-ring (bicyclic) bond motifs is 2. The second-order valence-electron chi connectivity index (χ2n) is 6.64. The Morgan fingerprint density at radius 1 is 1.04 bits per heavy atom. The van der Waals surface area contributed by atoms with Crippen molar-refractivity contribution >= 4 is 21.7 Å². The van der Waals surface area contributed by atoms with Crippen LogP contribution in [0.25, 0.3) is 11.6 Å². The van der Waals surface area contributed by atoms with Crippen molar-refractivity contribution in [2.45, 2.75) is 17.7 Å². The van der Waals surface area contributed by atoms with Gasteiger partial charge in [0.2, 0.25) is 10.0 Å². The van der Waals surface area contributed by atoms with Crippen LogP contribution in [0.4, 0.5) is 0 Å². The van der Waals surface area contributed by atoms with Crippen molar-refractivity contribution in [1.29, 1.82) is 0 Å². The minimum Gasteiger partial charge on any atom is -0.214 e. The summed E-state index contributed by atoms with van der Waals surface area (Å²) in [5.41, 5.74) is 7.02. The lowest BCUT2D eigenvalue weighted by Crippen LogP contribution is -2.18. The molecule has 0 aromatic heterocycles. The van der Waals surface area contributed by atoms with E-state index in [9.17, 15) is 8.42 Å². The molecule has 27 heavy (non-hydrogen) atoms. The van der Waals surface area contributed by atoms with E-state index >= 15 is 0 Å². The standard InChI is InChI=1S/C23H21NO2S/c1-24-27(25,26)20-10-6-7-17(15-20)16-23-21-11-4-2-8-18(21)13-14-19-9-3-5-12-22(19)23/h2-8,10-12,14-16,24H,9,13H2,1H3/b23-16-. The molecule has 4 rings (SSSR count). The van der Waals surface area contributed by atoms with Crippen molar-refractivity contribution in [1.82, 2.24) is 4.72 Å². The Labute approximate surface area is 160 Å². The third kappa shape index (κ3) is 3.46. The molecule has 2 aliphatic rings. The first-order valence-corrected chi connectivity index (χ1v) is 10.5. The highest BCUT2D eigenvalue weighted by molar-refractivity contribution is 7.89. The molecule has 2 aliphatic carbocycles. The third-order valence-electron chi connectivity index (χ3n) is 5.00. The van der Waals surface area contributed by atoms with Gasteiger partial charge in [-0.3, -0.25) is 0 Å². The predicted octanol–water partition coefficient (Wildman–Crippen LogP) is 4.50. The molecule has 0 heterocycles. The second-order valence-corrected chi connectivity index (χ2v) is 8.53. The van der Waals surface area contributed by atoms with E-state index in [1.165, 1.54) is 29.3 Å². The second kappa shape index (κ2) is 7.14. The van der Waals surface area contributed by atoms with Crippen LogP contribution >= 0.6 is 0 Å². The third-order valence-corrected chi connectivity index (χ3v) is 6.41. The molecule has 3 nitrogen and oxygen atoms in total. The van der Waals surface area contributed by atoms with Gasteiger partial charge in [0.25, 0.3) is 0 Å². The van der Waals surface area contributed by atoms with Crippen LogP contribution in [-0.2, 0) is 16.4 Å². The number of sulfonamides is 1. The minimum absolute atomic E-state index is 0.273. The summed E-state index contributed by atoms with van der Waals surface area (Å²) < 4.78 is 26.7. The number of benzene rings is 2. The zero-order valence-electron chi connectivity index (χ0n) is 15.1. The van der Waals surface area contributed by atoms with Crippen LogP contribution in [0.2, 0.25) is 0 Å². The maximum Gasteiger partial charge on any atom is 0.240 e. The van der Waals surface area contributed by atoms with Crippen LogP contribution in [0.1, 0.15) is 23.1 Å². The van der Waals surface area contributed by atoms with E-state index in [2.05, 4.69) is 59.4 Å². The van der Waals surface area contributed by atoms with Gasteiger partial charge in [0, 0.05) is 0 Å². The minimum atomic E-state index is -3.47. The fraction of sp³-hybridized carbons (Fsp3) is 0.130. The maximum absolute atomic E-state index is 12.2.